The van der Waals surface area contributed by atoms with Gasteiger partial charge >= 0.3 is 0 Å². The summed E-state index contributed by atoms with van der Waals surface area (Å²) in [6, 6.07) is 22.1. The zero-order valence-electron chi connectivity index (χ0n) is 15.2. The smallest absolute Gasteiger partial charge is 0.262 e. The molecule has 0 bridgehead atoms. The predicted octanol–water partition coefficient (Wildman–Crippen LogP) is 4.56. The van der Waals surface area contributed by atoms with Gasteiger partial charge in [-0.15, -0.1) is 0 Å². The minimum Gasteiger partial charge on any atom is -0.484 e. The SMILES string of the molecule is O=C(COc1ccc(-c2nc(-c3ccccc3)no2)cc1)Nc1cccc(F)c1. The Hall–Kier alpha value is -4.00. The average molecular weight is 389 g/mol. The van der Waals surface area contributed by atoms with E-state index < -0.39 is 5.82 Å². The molecule has 4 rings (SSSR count). The summed E-state index contributed by atoms with van der Waals surface area (Å²) in [4.78, 5) is 16.3. The van der Waals surface area contributed by atoms with Crippen LogP contribution in [0.4, 0.5) is 10.1 Å². The number of benzene rings is 3. The molecule has 0 aliphatic carbocycles. The standard InChI is InChI=1S/C22H16FN3O3/c23-17-7-4-8-18(13-17)24-20(27)14-28-19-11-9-16(10-12-19)22-25-21(26-29-22)15-5-2-1-3-6-15/h1-13H,14H2,(H,24,27). The minimum atomic E-state index is -0.421. The van der Waals surface area contributed by atoms with Crippen molar-refractivity contribution < 1.29 is 18.4 Å². The molecule has 0 fully saturated rings. The maximum absolute atomic E-state index is 13.1. The Morgan fingerprint density at radius 2 is 1.76 bits per heavy atom. The fourth-order valence-electron chi connectivity index (χ4n) is 2.65. The molecule has 144 valence electrons. The molecule has 0 aliphatic rings. The van der Waals surface area contributed by atoms with E-state index in [0.717, 1.165) is 11.1 Å². The molecule has 1 N–H and O–H groups in total. The van der Waals surface area contributed by atoms with E-state index in [1.165, 1.54) is 18.2 Å². The van der Waals surface area contributed by atoms with Crippen molar-refractivity contribution in [3.8, 4) is 28.6 Å². The summed E-state index contributed by atoms with van der Waals surface area (Å²) in [6.07, 6.45) is 0. The van der Waals surface area contributed by atoms with Crippen LogP contribution in [0.25, 0.3) is 22.8 Å². The van der Waals surface area contributed by atoms with Crippen LogP contribution in [0.2, 0.25) is 0 Å². The first-order chi connectivity index (χ1) is 14.2. The van der Waals surface area contributed by atoms with Crippen LogP contribution in [-0.4, -0.2) is 22.7 Å². The fraction of sp³-hybridized carbons (Fsp3) is 0.0455. The van der Waals surface area contributed by atoms with Crippen LogP contribution in [0.3, 0.4) is 0 Å². The van der Waals surface area contributed by atoms with Gasteiger partial charge in [-0.2, -0.15) is 4.98 Å². The maximum Gasteiger partial charge on any atom is 0.262 e. The molecule has 7 heteroatoms. The second-order valence-electron chi connectivity index (χ2n) is 6.16. The van der Waals surface area contributed by atoms with Crippen LogP contribution in [0.1, 0.15) is 0 Å². The molecule has 0 saturated heterocycles. The summed E-state index contributed by atoms with van der Waals surface area (Å²) in [5, 5.41) is 6.57. The lowest BCUT2D eigenvalue weighted by Crippen LogP contribution is -2.20. The number of halogens is 1. The molecular formula is C22H16FN3O3. The number of nitrogens with zero attached hydrogens (tertiary/aromatic N) is 2. The molecule has 1 amide bonds. The number of carbonyl (C=O) groups is 1. The summed E-state index contributed by atoms with van der Waals surface area (Å²) in [6.45, 7) is -0.200. The van der Waals surface area contributed by atoms with Gasteiger partial charge in [-0.1, -0.05) is 41.6 Å². The second-order valence-corrected chi connectivity index (χ2v) is 6.16. The van der Waals surface area contributed by atoms with E-state index in [0.29, 0.717) is 23.2 Å². The predicted molar refractivity (Wildman–Crippen MR) is 106 cm³/mol. The maximum atomic E-state index is 13.1. The third-order valence-corrected chi connectivity index (χ3v) is 4.04. The summed E-state index contributed by atoms with van der Waals surface area (Å²) in [5.74, 6) is 0.597. The van der Waals surface area contributed by atoms with Crippen molar-refractivity contribution in [2.24, 2.45) is 0 Å². The van der Waals surface area contributed by atoms with Gasteiger partial charge in [0.25, 0.3) is 11.8 Å². The average Bonchev–Trinajstić information content (AvgIpc) is 3.24. The summed E-state index contributed by atoms with van der Waals surface area (Å²) < 4.78 is 23.9. The normalized spacial score (nSPS) is 10.5. The molecule has 0 unspecified atom stereocenters. The molecule has 0 saturated carbocycles. The van der Waals surface area contributed by atoms with Gasteiger partial charge < -0.3 is 14.6 Å². The number of rotatable bonds is 6. The van der Waals surface area contributed by atoms with Crippen molar-refractivity contribution in [3.05, 3.63) is 84.7 Å². The number of ether oxygens (including phenoxy) is 1. The Morgan fingerprint density at radius 3 is 2.52 bits per heavy atom. The molecule has 3 aromatic carbocycles. The van der Waals surface area contributed by atoms with Gasteiger partial charge in [-0.05, 0) is 42.5 Å². The Labute approximate surface area is 166 Å². The molecule has 29 heavy (non-hydrogen) atoms. The van der Waals surface area contributed by atoms with E-state index in [2.05, 4.69) is 15.5 Å². The van der Waals surface area contributed by atoms with Gasteiger partial charge in [0, 0.05) is 16.8 Å². The van der Waals surface area contributed by atoms with Crippen LogP contribution < -0.4 is 10.1 Å². The van der Waals surface area contributed by atoms with Crippen molar-refractivity contribution in [2.45, 2.75) is 0 Å². The number of carbonyl (C=O) groups excluding carboxylic acids is 1. The number of anilines is 1. The third kappa shape index (κ3) is 4.65. The highest BCUT2D eigenvalue weighted by atomic mass is 19.1. The van der Waals surface area contributed by atoms with E-state index in [-0.39, 0.29) is 12.5 Å². The second kappa shape index (κ2) is 8.35. The topological polar surface area (TPSA) is 77.2 Å². The van der Waals surface area contributed by atoms with Crippen molar-refractivity contribution in [2.75, 3.05) is 11.9 Å². The summed E-state index contributed by atoms with van der Waals surface area (Å²) in [7, 11) is 0. The van der Waals surface area contributed by atoms with Gasteiger partial charge in [0.05, 0.1) is 0 Å². The lowest BCUT2D eigenvalue weighted by molar-refractivity contribution is -0.118. The first kappa shape index (κ1) is 18.4. The van der Waals surface area contributed by atoms with E-state index in [1.54, 1.807) is 30.3 Å². The van der Waals surface area contributed by atoms with Crippen molar-refractivity contribution in [1.29, 1.82) is 0 Å². The van der Waals surface area contributed by atoms with E-state index in [4.69, 9.17) is 9.26 Å². The first-order valence-corrected chi connectivity index (χ1v) is 8.85. The lowest BCUT2D eigenvalue weighted by Gasteiger charge is -2.07. The Kier molecular flexibility index (Phi) is 5.29. The van der Waals surface area contributed by atoms with Gasteiger partial charge in [0.15, 0.2) is 6.61 Å². The van der Waals surface area contributed by atoms with Gasteiger partial charge in [0.1, 0.15) is 11.6 Å². The Bertz CT molecular complexity index is 1110. The summed E-state index contributed by atoms with van der Waals surface area (Å²) in [5.41, 5.74) is 1.97. The van der Waals surface area contributed by atoms with Crippen LogP contribution in [0, 0.1) is 5.82 Å². The van der Waals surface area contributed by atoms with Gasteiger partial charge in [-0.3, -0.25) is 4.79 Å². The molecule has 1 aromatic heterocycles. The highest BCUT2D eigenvalue weighted by Gasteiger charge is 2.11. The highest BCUT2D eigenvalue weighted by Crippen LogP contribution is 2.24. The monoisotopic (exact) mass is 389 g/mol. The number of nitrogens with one attached hydrogen (secondary N) is 1. The number of hydrogen-bond donors (Lipinski definition) is 1. The van der Waals surface area contributed by atoms with Crippen molar-refractivity contribution >= 4 is 11.6 Å². The zero-order chi connectivity index (χ0) is 20.1. The Morgan fingerprint density at radius 1 is 0.966 bits per heavy atom. The molecule has 0 aliphatic heterocycles. The number of hydrogen-bond acceptors (Lipinski definition) is 5. The molecule has 0 radical (unpaired) electrons. The van der Waals surface area contributed by atoms with Crippen molar-refractivity contribution in [3.63, 3.8) is 0 Å². The summed E-state index contributed by atoms with van der Waals surface area (Å²) >= 11 is 0. The Balaban J connectivity index is 1.36. The molecule has 0 spiro atoms. The number of amides is 1. The number of aromatic nitrogens is 2. The van der Waals surface area contributed by atoms with Crippen molar-refractivity contribution in [1.82, 2.24) is 10.1 Å². The third-order valence-electron chi connectivity index (χ3n) is 4.04. The van der Waals surface area contributed by atoms with E-state index >= 15 is 0 Å². The molecule has 4 aromatic rings. The van der Waals surface area contributed by atoms with Crippen LogP contribution in [0.15, 0.2) is 83.4 Å². The molecular weight excluding hydrogens is 373 g/mol. The van der Waals surface area contributed by atoms with Crippen LogP contribution >= 0.6 is 0 Å². The van der Waals surface area contributed by atoms with E-state index in [1.807, 2.05) is 30.3 Å². The van der Waals surface area contributed by atoms with E-state index in [9.17, 15) is 9.18 Å². The van der Waals surface area contributed by atoms with Gasteiger partial charge in [-0.25, -0.2) is 4.39 Å². The highest BCUT2D eigenvalue weighted by molar-refractivity contribution is 5.91. The quantitative estimate of drug-likeness (QED) is 0.523. The first-order valence-electron chi connectivity index (χ1n) is 8.85. The molecule has 0 atom stereocenters. The largest absolute Gasteiger partial charge is 0.484 e. The lowest BCUT2D eigenvalue weighted by atomic mass is 10.2. The van der Waals surface area contributed by atoms with Gasteiger partial charge in [0.2, 0.25) is 5.82 Å². The minimum absolute atomic E-state index is 0.200. The molecule has 6 nitrogen and oxygen atoms in total. The molecule has 1 heterocycles. The van der Waals surface area contributed by atoms with Crippen LogP contribution in [0.5, 0.6) is 5.75 Å². The fourth-order valence-corrected chi connectivity index (χ4v) is 2.65. The van der Waals surface area contributed by atoms with Crippen LogP contribution in [-0.2, 0) is 4.79 Å². The zero-order valence-corrected chi connectivity index (χ0v) is 15.2.